The molecule has 0 bridgehead atoms. The van der Waals surface area contributed by atoms with Crippen LogP contribution in [0, 0.1) is 11.8 Å². The van der Waals surface area contributed by atoms with Crippen molar-refractivity contribution < 1.29 is 5.11 Å². The molecular formula is C20H38O. The second kappa shape index (κ2) is 17.6. The van der Waals surface area contributed by atoms with Gasteiger partial charge in [0.05, 0.1) is 0 Å². The summed E-state index contributed by atoms with van der Waals surface area (Å²) < 4.78 is 0. The van der Waals surface area contributed by atoms with E-state index in [1.54, 1.807) is 0 Å². The van der Waals surface area contributed by atoms with E-state index in [2.05, 4.69) is 25.7 Å². The monoisotopic (exact) mass is 294 g/mol. The van der Waals surface area contributed by atoms with E-state index in [-0.39, 0.29) is 6.10 Å². The van der Waals surface area contributed by atoms with Crippen LogP contribution in [0.5, 0.6) is 0 Å². The molecule has 0 aliphatic rings. The van der Waals surface area contributed by atoms with Gasteiger partial charge in [-0.25, -0.2) is 0 Å². The third kappa shape index (κ3) is 17.5. The van der Waals surface area contributed by atoms with Crippen LogP contribution >= 0.6 is 0 Å². The Bertz CT molecular complexity index is 248. The normalized spacial score (nSPS) is 12.0. The number of rotatable bonds is 14. The van der Waals surface area contributed by atoms with Crippen LogP contribution in [-0.2, 0) is 0 Å². The lowest BCUT2D eigenvalue weighted by atomic mass is 10.1. The largest absolute Gasteiger partial charge is 0.380 e. The fourth-order valence-electron chi connectivity index (χ4n) is 2.55. The molecule has 0 rings (SSSR count). The van der Waals surface area contributed by atoms with Gasteiger partial charge in [-0.2, -0.15) is 0 Å². The lowest BCUT2D eigenvalue weighted by Gasteiger charge is -2.04. The molecule has 0 aliphatic carbocycles. The van der Waals surface area contributed by atoms with Gasteiger partial charge in [0.2, 0.25) is 0 Å². The quantitative estimate of drug-likeness (QED) is 0.297. The smallest absolute Gasteiger partial charge is 0.114 e. The van der Waals surface area contributed by atoms with Gasteiger partial charge in [-0.3, -0.25) is 0 Å². The van der Waals surface area contributed by atoms with Gasteiger partial charge < -0.3 is 5.11 Å². The van der Waals surface area contributed by atoms with Crippen LogP contribution in [0.15, 0.2) is 0 Å². The van der Waals surface area contributed by atoms with E-state index < -0.39 is 0 Å². The van der Waals surface area contributed by atoms with Crippen molar-refractivity contribution in [3.05, 3.63) is 0 Å². The van der Waals surface area contributed by atoms with Crippen molar-refractivity contribution in [3.63, 3.8) is 0 Å². The maximum Gasteiger partial charge on any atom is 0.114 e. The van der Waals surface area contributed by atoms with Gasteiger partial charge in [-0.05, 0) is 19.3 Å². The van der Waals surface area contributed by atoms with Crippen LogP contribution in [0.4, 0.5) is 0 Å². The van der Waals surface area contributed by atoms with E-state index in [0.29, 0.717) is 0 Å². The molecule has 1 heteroatoms. The highest BCUT2D eigenvalue weighted by molar-refractivity contribution is 5.04. The first-order valence-corrected chi connectivity index (χ1v) is 9.47. The van der Waals surface area contributed by atoms with Crippen molar-refractivity contribution in [2.24, 2.45) is 0 Å². The summed E-state index contributed by atoms with van der Waals surface area (Å²) in [4.78, 5) is 0. The van der Waals surface area contributed by atoms with Gasteiger partial charge in [0.15, 0.2) is 0 Å². The fourth-order valence-corrected chi connectivity index (χ4v) is 2.55. The zero-order valence-electron chi connectivity index (χ0n) is 14.6. The molecule has 1 unspecified atom stereocenters. The predicted molar refractivity (Wildman–Crippen MR) is 94.4 cm³/mol. The van der Waals surface area contributed by atoms with Crippen molar-refractivity contribution in [1.29, 1.82) is 0 Å². The Morgan fingerprint density at radius 2 is 1.14 bits per heavy atom. The summed E-state index contributed by atoms with van der Waals surface area (Å²) in [5.41, 5.74) is 0. The van der Waals surface area contributed by atoms with Crippen molar-refractivity contribution in [3.8, 4) is 11.8 Å². The van der Waals surface area contributed by atoms with Crippen LogP contribution < -0.4 is 0 Å². The maximum absolute atomic E-state index is 9.78. The third-order valence-electron chi connectivity index (χ3n) is 4.01. The van der Waals surface area contributed by atoms with Crippen LogP contribution in [-0.4, -0.2) is 11.2 Å². The first-order chi connectivity index (χ1) is 10.3. The van der Waals surface area contributed by atoms with E-state index in [0.717, 1.165) is 19.3 Å². The molecule has 0 saturated carbocycles. The molecule has 0 aromatic heterocycles. The average molecular weight is 295 g/mol. The SMILES string of the molecule is CCCCCCC#CC(O)CCCCCCCCCCC. The minimum atomic E-state index is -0.388. The van der Waals surface area contributed by atoms with Crippen LogP contribution in [0.2, 0.25) is 0 Å². The van der Waals surface area contributed by atoms with Crippen molar-refractivity contribution in [2.75, 3.05) is 0 Å². The third-order valence-corrected chi connectivity index (χ3v) is 4.01. The first kappa shape index (κ1) is 20.5. The molecule has 0 amide bonds. The summed E-state index contributed by atoms with van der Waals surface area (Å²) in [7, 11) is 0. The topological polar surface area (TPSA) is 20.2 Å². The highest BCUT2D eigenvalue weighted by Crippen LogP contribution is 2.11. The zero-order chi connectivity index (χ0) is 15.6. The first-order valence-electron chi connectivity index (χ1n) is 9.47. The van der Waals surface area contributed by atoms with E-state index in [9.17, 15) is 5.11 Å². The van der Waals surface area contributed by atoms with Gasteiger partial charge in [-0.15, -0.1) is 5.92 Å². The van der Waals surface area contributed by atoms with Crippen LogP contribution in [0.1, 0.15) is 110 Å². The zero-order valence-corrected chi connectivity index (χ0v) is 14.6. The Kier molecular flexibility index (Phi) is 17.2. The summed E-state index contributed by atoms with van der Waals surface area (Å²) in [5.74, 6) is 6.12. The molecule has 0 spiro atoms. The molecule has 1 atom stereocenters. The van der Waals surface area contributed by atoms with Crippen LogP contribution in [0.25, 0.3) is 0 Å². The second-order valence-electron chi connectivity index (χ2n) is 6.26. The molecule has 0 radical (unpaired) electrons. The molecular weight excluding hydrogens is 256 g/mol. The van der Waals surface area contributed by atoms with Gasteiger partial charge in [0.25, 0.3) is 0 Å². The number of hydrogen-bond donors (Lipinski definition) is 1. The van der Waals surface area contributed by atoms with Gasteiger partial charge >= 0.3 is 0 Å². The van der Waals surface area contributed by atoms with E-state index in [4.69, 9.17) is 0 Å². The van der Waals surface area contributed by atoms with E-state index in [1.165, 1.54) is 77.0 Å². The highest BCUT2D eigenvalue weighted by Gasteiger charge is 1.98. The number of unbranched alkanes of at least 4 members (excludes halogenated alkanes) is 12. The minimum Gasteiger partial charge on any atom is -0.380 e. The average Bonchev–Trinajstić information content (AvgIpc) is 2.49. The molecule has 0 aromatic carbocycles. The Morgan fingerprint density at radius 3 is 1.71 bits per heavy atom. The van der Waals surface area contributed by atoms with E-state index >= 15 is 0 Å². The fraction of sp³-hybridized carbons (Fsp3) is 0.900. The molecule has 0 heterocycles. The van der Waals surface area contributed by atoms with Gasteiger partial charge in [-0.1, -0.05) is 90.4 Å². The second-order valence-corrected chi connectivity index (χ2v) is 6.26. The molecule has 0 fully saturated rings. The Morgan fingerprint density at radius 1 is 0.667 bits per heavy atom. The molecule has 0 aliphatic heterocycles. The molecule has 124 valence electrons. The van der Waals surface area contributed by atoms with Gasteiger partial charge in [0, 0.05) is 6.42 Å². The summed E-state index contributed by atoms with van der Waals surface area (Å²) in [6, 6.07) is 0. The molecule has 0 aromatic rings. The summed E-state index contributed by atoms with van der Waals surface area (Å²) in [5, 5.41) is 9.78. The van der Waals surface area contributed by atoms with Crippen LogP contribution in [0.3, 0.4) is 0 Å². The summed E-state index contributed by atoms with van der Waals surface area (Å²) >= 11 is 0. The van der Waals surface area contributed by atoms with Crippen molar-refractivity contribution in [2.45, 2.75) is 116 Å². The molecule has 1 nitrogen and oxygen atoms in total. The Hall–Kier alpha value is -0.480. The number of hydrogen-bond acceptors (Lipinski definition) is 1. The van der Waals surface area contributed by atoms with Crippen molar-refractivity contribution >= 4 is 0 Å². The number of aliphatic hydroxyl groups is 1. The van der Waals surface area contributed by atoms with E-state index in [1.807, 2.05) is 0 Å². The predicted octanol–water partition coefficient (Wildman–Crippen LogP) is 6.24. The Labute approximate surface area is 133 Å². The molecule has 21 heavy (non-hydrogen) atoms. The maximum atomic E-state index is 9.78. The summed E-state index contributed by atoms with van der Waals surface area (Å²) in [6.45, 7) is 4.49. The molecule has 1 N–H and O–H groups in total. The lowest BCUT2D eigenvalue weighted by Crippen LogP contribution is -2.02. The van der Waals surface area contributed by atoms with Gasteiger partial charge in [0.1, 0.15) is 6.10 Å². The standard InChI is InChI=1S/C20H38O/c1-3-5-7-9-11-12-13-15-17-19-20(21)18-16-14-10-8-6-4-2/h20-21H,3-15,17,19H2,1-2H3. The lowest BCUT2D eigenvalue weighted by molar-refractivity contribution is 0.217. The van der Waals surface area contributed by atoms with Crippen molar-refractivity contribution in [1.82, 2.24) is 0 Å². The highest BCUT2D eigenvalue weighted by atomic mass is 16.3. The minimum absolute atomic E-state index is 0.388. The molecule has 0 saturated heterocycles. The summed E-state index contributed by atoms with van der Waals surface area (Å²) in [6.07, 6.45) is 18.5. The number of aliphatic hydroxyl groups excluding tert-OH is 1. The Balaban J connectivity index is 3.26.